The Morgan fingerprint density at radius 2 is 1.85 bits per heavy atom. The molecule has 210 valence electrons. The number of hydrogen-bond acceptors (Lipinski definition) is 8. The second-order valence-electron chi connectivity index (χ2n) is 10.3. The van der Waals surface area contributed by atoms with Crippen molar-refractivity contribution in [1.29, 1.82) is 0 Å². The average Bonchev–Trinajstić information content (AvgIpc) is 3.28. The molecule has 0 aliphatic carbocycles. The van der Waals surface area contributed by atoms with Gasteiger partial charge in [0.2, 0.25) is 0 Å². The minimum absolute atomic E-state index is 0.0167. The molecule has 0 saturated heterocycles. The number of nitrogens with zero attached hydrogens (tertiary/aromatic N) is 4. The molecular formula is C28H29F2N5O4S. The molecule has 0 spiro atoms. The molecule has 3 aromatic heterocycles. The second kappa shape index (κ2) is 11.1. The predicted molar refractivity (Wildman–Crippen MR) is 147 cm³/mol. The Bertz CT molecular complexity index is 1690. The average molecular weight is 570 g/mol. The molecule has 9 nitrogen and oxygen atoms in total. The van der Waals surface area contributed by atoms with Crippen molar-refractivity contribution < 1.29 is 26.7 Å². The minimum Gasteiger partial charge on any atom is -0.466 e. The molecule has 0 bridgehead atoms. The van der Waals surface area contributed by atoms with Gasteiger partial charge in [0.25, 0.3) is 10.0 Å². The summed E-state index contributed by atoms with van der Waals surface area (Å²) in [6.45, 7) is 7.65. The van der Waals surface area contributed by atoms with Crippen LogP contribution in [0.15, 0.2) is 66.0 Å². The third-order valence-corrected chi connectivity index (χ3v) is 7.99. The number of carbonyl (C=O) groups excluding carboxylic acids is 1. The molecule has 3 heterocycles. The van der Waals surface area contributed by atoms with Crippen LogP contribution in [-0.2, 0) is 19.6 Å². The Morgan fingerprint density at radius 3 is 2.50 bits per heavy atom. The number of hydrogen-bond donors (Lipinski definition) is 1. The molecule has 0 aliphatic rings. The van der Waals surface area contributed by atoms with Crippen LogP contribution in [-0.4, -0.2) is 46.5 Å². The van der Waals surface area contributed by atoms with Gasteiger partial charge in [-0.2, -0.15) is 0 Å². The summed E-state index contributed by atoms with van der Waals surface area (Å²) < 4.78 is 61.8. The minimum atomic E-state index is -4.12. The summed E-state index contributed by atoms with van der Waals surface area (Å²) >= 11 is 0. The van der Waals surface area contributed by atoms with Crippen LogP contribution in [0.5, 0.6) is 0 Å². The number of aromatic nitrogens is 4. The third-order valence-electron chi connectivity index (χ3n) is 6.32. The summed E-state index contributed by atoms with van der Waals surface area (Å²) in [4.78, 5) is 23.9. The zero-order chi connectivity index (χ0) is 29.2. The fraction of sp³-hybridized carbons (Fsp3) is 0.286. The Balaban J connectivity index is 1.79. The summed E-state index contributed by atoms with van der Waals surface area (Å²) in [7, 11) is -2.85. The van der Waals surface area contributed by atoms with Gasteiger partial charge in [0, 0.05) is 29.3 Å². The van der Waals surface area contributed by atoms with E-state index in [1.807, 2.05) is 27.7 Å². The molecule has 4 aromatic rings. The van der Waals surface area contributed by atoms with Crippen molar-refractivity contribution in [2.24, 2.45) is 5.41 Å². The van der Waals surface area contributed by atoms with Crippen LogP contribution in [0.25, 0.3) is 22.4 Å². The van der Waals surface area contributed by atoms with Crippen molar-refractivity contribution in [2.45, 2.75) is 45.1 Å². The van der Waals surface area contributed by atoms with Gasteiger partial charge in [0.1, 0.15) is 5.82 Å². The maximum absolute atomic E-state index is 14.9. The number of aryl methyl sites for hydroxylation is 1. The highest BCUT2D eigenvalue weighted by Crippen LogP contribution is 2.33. The van der Waals surface area contributed by atoms with Crippen LogP contribution < -0.4 is 5.32 Å². The van der Waals surface area contributed by atoms with Crippen molar-refractivity contribution in [2.75, 3.05) is 12.4 Å². The highest BCUT2D eigenvalue weighted by molar-refractivity contribution is 7.90. The SMILES string of the molecule is COC(=O)C=CCC(Nc1nc(-c2cn(S(=O)(=O)c3ccc(C)cc3)c3ncc(F)cc23)ncc1F)C(C)(C)C. The zero-order valence-corrected chi connectivity index (χ0v) is 23.5. The number of carbonyl (C=O) groups is 1. The topological polar surface area (TPSA) is 116 Å². The van der Waals surface area contributed by atoms with Crippen LogP contribution in [0.1, 0.15) is 32.8 Å². The number of esters is 1. The van der Waals surface area contributed by atoms with Crippen molar-refractivity contribution in [3.63, 3.8) is 0 Å². The number of fused-ring (bicyclic) bond motifs is 1. The molecule has 0 saturated carbocycles. The lowest BCUT2D eigenvalue weighted by atomic mass is 9.84. The number of rotatable bonds is 8. The third kappa shape index (κ3) is 6.01. The molecule has 40 heavy (non-hydrogen) atoms. The van der Waals surface area contributed by atoms with E-state index >= 15 is 0 Å². The summed E-state index contributed by atoms with van der Waals surface area (Å²) in [6, 6.07) is 7.04. The number of methoxy groups -OCH3 is 1. The van der Waals surface area contributed by atoms with Crippen LogP contribution in [0, 0.1) is 24.0 Å². The molecule has 4 rings (SSSR count). The molecule has 1 aromatic carbocycles. The summed E-state index contributed by atoms with van der Waals surface area (Å²) in [5.41, 5.74) is 0.619. The molecule has 1 atom stereocenters. The van der Waals surface area contributed by atoms with Gasteiger partial charge in [-0.25, -0.2) is 40.9 Å². The molecule has 0 aliphatic heterocycles. The highest BCUT2D eigenvalue weighted by atomic mass is 32.2. The number of nitrogens with one attached hydrogen (secondary N) is 1. The smallest absolute Gasteiger partial charge is 0.330 e. The van der Waals surface area contributed by atoms with Crippen molar-refractivity contribution in [1.82, 2.24) is 18.9 Å². The largest absolute Gasteiger partial charge is 0.466 e. The number of pyridine rings is 1. The standard InChI is InChI=1S/C28H29F2N5O4S/c1-17-9-11-19(12-10-17)40(37,38)35-16-21(20-13-18(29)14-32-27(20)35)25-31-15-22(30)26(34-25)33-23(28(2,3)4)7-6-8-24(36)39-5/h6,8-16,23H,7H2,1-5H3,(H,31,33,34). The van der Waals surface area contributed by atoms with E-state index < -0.39 is 27.6 Å². The Kier molecular flexibility index (Phi) is 8.01. The van der Waals surface area contributed by atoms with Gasteiger partial charge < -0.3 is 10.1 Å². The number of anilines is 1. The maximum atomic E-state index is 14.9. The van der Waals surface area contributed by atoms with Gasteiger partial charge in [-0.1, -0.05) is 44.5 Å². The van der Waals surface area contributed by atoms with E-state index in [0.29, 0.717) is 6.42 Å². The van der Waals surface area contributed by atoms with Crippen LogP contribution in [0.4, 0.5) is 14.6 Å². The fourth-order valence-electron chi connectivity index (χ4n) is 4.00. The van der Waals surface area contributed by atoms with Gasteiger partial charge in [-0.3, -0.25) is 0 Å². The zero-order valence-electron chi connectivity index (χ0n) is 22.6. The number of ether oxygens (including phenoxy) is 1. The van der Waals surface area contributed by atoms with E-state index in [9.17, 15) is 22.0 Å². The summed E-state index contributed by atoms with van der Waals surface area (Å²) in [5.74, 6) is -2.11. The molecule has 0 amide bonds. The molecule has 1 unspecified atom stereocenters. The lowest BCUT2D eigenvalue weighted by molar-refractivity contribution is -0.134. The van der Waals surface area contributed by atoms with Gasteiger partial charge in [0.15, 0.2) is 23.1 Å². The highest BCUT2D eigenvalue weighted by Gasteiger charge is 2.27. The van der Waals surface area contributed by atoms with E-state index in [4.69, 9.17) is 0 Å². The normalized spacial score (nSPS) is 13.1. The van der Waals surface area contributed by atoms with Crippen molar-refractivity contribution in [3.8, 4) is 11.4 Å². The van der Waals surface area contributed by atoms with Crippen LogP contribution in [0.2, 0.25) is 0 Å². The summed E-state index contributed by atoms with van der Waals surface area (Å²) in [5, 5.41) is 3.21. The van der Waals surface area contributed by atoms with Crippen molar-refractivity contribution in [3.05, 3.63) is 78.3 Å². The molecular weight excluding hydrogens is 540 g/mol. The van der Waals surface area contributed by atoms with E-state index in [2.05, 4.69) is 25.0 Å². The first-order valence-corrected chi connectivity index (χ1v) is 13.8. The van der Waals surface area contributed by atoms with Gasteiger partial charge in [0.05, 0.1) is 24.4 Å². The fourth-order valence-corrected chi connectivity index (χ4v) is 5.32. The Labute approximate surface area is 231 Å². The first kappa shape index (κ1) is 28.8. The van der Waals surface area contributed by atoms with Crippen molar-refractivity contribution >= 4 is 32.8 Å². The van der Waals surface area contributed by atoms with Gasteiger partial charge in [-0.05, 0) is 37.0 Å². The first-order valence-electron chi connectivity index (χ1n) is 12.3. The Hall–Kier alpha value is -4.19. The monoisotopic (exact) mass is 569 g/mol. The molecule has 0 fully saturated rings. The number of benzene rings is 1. The van der Waals surface area contributed by atoms with Crippen LogP contribution in [0.3, 0.4) is 0 Å². The lowest BCUT2D eigenvalue weighted by Crippen LogP contribution is -2.34. The van der Waals surface area contributed by atoms with Crippen LogP contribution >= 0.6 is 0 Å². The van der Waals surface area contributed by atoms with E-state index in [1.54, 1.807) is 18.2 Å². The quantitative estimate of drug-likeness (QED) is 0.226. The van der Waals surface area contributed by atoms with E-state index in [0.717, 1.165) is 28.0 Å². The van der Waals surface area contributed by atoms with Gasteiger partial charge in [-0.15, -0.1) is 0 Å². The summed E-state index contributed by atoms with van der Waals surface area (Å²) in [6.07, 6.45) is 6.38. The molecule has 1 N–H and O–H groups in total. The molecule has 12 heteroatoms. The molecule has 0 radical (unpaired) electrons. The van der Waals surface area contributed by atoms with Gasteiger partial charge >= 0.3 is 5.97 Å². The number of halogens is 2. The Morgan fingerprint density at radius 1 is 1.15 bits per heavy atom. The predicted octanol–water partition coefficient (Wildman–Crippen LogP) is 5.26. The first-order chi connectivity index (χ1) is 18.8. The second-order valence-corrected chi connectivity index (χ2v) is 12.1. The maximum Gasteiger partial charge on any atom is 0.330 e. The van der Waals surface area contributed by atoms with E-state index in [-0.39, 0.29) is 44.6 Å². The lowest BCUT2D eigenvalue weighted by Gasteiger charge is -2.31. The van der Waals surface area contributed by atoms with E-state index in [1.165, 1.54) is 31.5 Å².